The van der Waals surface area contributed by atoms with E-state index in [0.717, 1.165) is 123 Å². The van der Waals surface area contributed by atoms with Gasteiger partial charge in [-0.05, 0) is 256 Å². The van der Waals surface area contributed by atoms with Gasteiger partial charge in [-0.1, -0.05) is 340 Å². The molecule has 0 aliphatic heterocycles. The van der Waals surface area contributed by atoms with Crippen molar-refractivity contribution >= 4 is 87.2 Å². The molecule has 0 bridgehead atoms. The lowest BCUT2D eigenvalue weighted by atomic mass is 9.67. The maximum atomic E-state index is 2.58. The average Bonchev–Trinajstić information content (AvgIpc) is 1.54. The number of aromatic nitrogens is 4. The molecule has 582 valence electrons. The first-order chi connectivity index (χ1) is 61.9. The molecule has 0 N–H and O–H groups in total. The Balaban J connectivity index is 0.839. The molecule has 1 aliphatic carbocycles. The number of benzene rings is 20. The molecular formula is C121H78N4. The van der Waals surface area contributed by atoms with Crippen molar-refractivity contribution in [2.24, 2.45) is 0 Å². The number of hydrogen-bond acceptors (Lipinski definition) is 0. The van der Waals surface area contributed by atoms with Gasteiger partial charge in [0.15, 0.2) is 0 Å². The molecule has 0 fully saturated rings. The summed E-state index contributed by atoms with van der Waals surface area (Å²) in [6, 6.07) is 178. The van der Waals surface area contributed by atoms with Crippen molar-refractivity contribution in [3.05, 3.63) is 495 Å². The predicted molar refractivity (Wildman–Crippen MR) is 525 cm³/mol. The van der Waals surface area contributed by atoms with E-state index in [9.17, 15) is 0 Å². The van der Waals surface area contributed by atoms with E-state index in [4.69, 9.17) is 0 Å². The van der Waals surface area contributed by atoms with Crippen LogP contribution >= 0.6 is 0 Å². The molecule has 4 heterocycles. The van der Waals surface area contributed by atoms with Crippen molar-refractivity contribution in [1.82, 2.24) is 18.3 Å². The van der Waals surface area contributed by atoms with Crippen LogP contribution < -0.4 is 0 Å². The molecule has 0 spiro atoms. The molecule has 0 amide bonds. The SMILES string of the molecule is c1ccc(-c2ccc3c(c2)c2cc(-c4ccccc4)ccc2n3-c2cc(-n3c4ccc(-c5ccccc5)cc4c4cc(-c5ccccc5)ccc43)cc(C3(c4cc(-n5c6ccc(-c7ccccc7)cc6c6cc(-c7ccccc7)ccc65)cc(-n5c6ccc(-c7ccccc7)cc6c6cc(-c7ccccc7)ccc65)c4)c4ccccc4-c4ccccc43)c2)cc1. The second-order valence-electron chi connectivity index (χ2n) is 33.4. The molecule has 0 radical (unpaired) electrons. The van der Waals surface area contributed by atoms with Gasteiger partial charge in [-0.15, -0.1) is 0 Å². The highest BCUT2D eigenvalue weighted by atomic mass is 15.0. The molecular weight excluding hydrogens is 1510 g/mol. The monoisotopic (exact) mass is 1590 g/mol. The van der Waals surface area contributed by atoms with Crippen LogP contribution in [0.2, 0.25) is 0 Å². The molecule has 4 nitrogen and oxygen atoms in total. The van der Waals surface area contributed by atoms with E-state index in [1.54, 1.807) is 0 Å². The van der Waals surface area contributed by atoms with Crippen molar-refractivity contribution in [1.29, 1.82) is 0 Å². The van der Waals surface area contributed by atoms with Crippen LogP contribution in [0.5, 0.6) is 0 Å². The first kappa shape index (κ1) is 71.5. The summed E-state index contributed by atoms with van der Waals surface area (Å²) in [5.74, 6) is 0. The van der Waals surface area contributed by atoms with Crippen LogP contribution in [0.3, 0.4) is 0 Å². The van der Waals surface area contributed by atoms with Crippen LogP contribution in [0.4, 0.5) is 0 Å². The molecule has 4 aromatic heterocycles. The fourth-order valence-corrected chi connectivity index (χ4v) is 20.9. The van der Waals surface area contributed by atoms with Gasteiger partial charge in [0, 0.05) is 65.8 Å². The number of rotatable bonds is 14. The molecule has 20 aromatic carbocycles. The number of fused-ring (bicyclic) bond motifs is 15. The third-order valence-corrected chi connectivity index (χ3v) is 26.6. The van der Waals surface area contributed by atoms with Gasteiger partial charge in [-0.25, -0.2) is 0 Å². The van der Waals surface area contributed by atoms with Gasteiger partial charge in [0.2, 0.25) is 0 Å². The van der Waals surface area contributed by atoms with Gasteiger partial charge in [-0.3, -0.25) is 0 Å². The molecule has 24 aromatic rings. The summed E-state index contributed by atoms with van der Waals surface area (Å²) in [5, 5.41) is 9.37. The van der Waals surface area contributed by atoms with Crippen molar-refractivity contribution in [3.8, 4) is 123 Å². The molecule has 0 saturated heterocycles. The summed E-state index contributed by atoms with van der Waals surface area (Å²) < 4.78 is 10.3. The third-order valence-electron chi connectivity index (χ3n) is 26.6. The molecule has 125 heavy (non-hydrogen) atoms. The lowest BCUT2D eigenvalue weighted by Gasteiger charge is -2.35. The highest BCUT2D eigenvalue weighted by molar-refractivity contribution is 6.16. The zero-order valence-electron chi connectivity index (χ0n) is 68.3. The second kappa shape index (κ2) is 28.9. The van der Waals surface area contributed by atoms with E-state index < -0.39 is 5.41 Å². The van der Waals surface area contributed by atoms with Crippen LogP contribution in [-0.4, -0.2) is 18.3 Å². The number of nitrogens with zero attached hydrogens (tertiary/aromatic N) is 4. The van der Waals surface area contributed by atoms with Gasteiger partial charge in [0.05, 0.1) is 49.5 Å². The minimum absolute atomic E-state index is 1.03. The predicted octanol–water partition coefficient (Wildman–Crippen LogP) is 31.8. The molecule has 0 saturated carbocycles. The van der Waals surface area contributed by atoms with E-state index in [2.05, 4.69) is 491 Å². The van der Waals surface area contributed by atoms with Crippen molar-refractivity contribution in [2.75, 3.05) is 0 Å². The Hall–Kier alpha value is -16.4. The van der Waals surface area contributed by atoms with Gasteiger partial charge in [0.1, 0.15) is 0 Å². The summed E-state index contributed by atoms with van der Waals surface area (Å²) in [6.07, 6.45) is 0. The Labute approximate surface area is 724 Å². The minimum atomic E-state index is -1.05. The molecule has 1 aliphatic rings. The third kappa shape index (κ3) is 11.6. The number of hydrogen-bond donors (Lipinski definition) is 0. The molecule has 0 atom stereocenters. The second-order valence-corrected chi connectivity index (χ2v) is 33.4. The van der Waals surface area contributed by atoms with E-state index in [-0.39, 0.29) is 0 Å². The van der Waals surface area contributed by atoms with E-state index >= 15 is 0 Å². The fourth-order valence-electron chi connectivity index (χ4n) is 20.9. The summed E-state index contributed by atoms with van der Waals surface area (Å²) in [5.41, 5.74) is 37.6. The standard InChI is InChI=1S/C121H78N4/c1-9-29-79(30-10-1)87-49-57-113-103(65-87)104-66-88(80-31-11-2-12-32-80)50-58-114(104)122(113)97-73-95(74-98(77-97)123-115-59-51-89(81-33-13-3-14-34-81)67-105(115)106-68-90(52-60-116(106)123)82-35-15-4-16-36-82)121(111-47-27-25-45-101(111)102-46-26-28-48-112(102)121)96-75-99(124-117-61-53-91(83-37-17-5-18-38-83)69-107(117)108-70-92(54-62-118(108)124)84-39-19-6-20-40-84)78-100(76-96)125-119-63-55-93(85-41-21-7-22-42-85)71-109(119)110-72-94(56-64-120(110)125)86-43-23-8-24-44-86/h1-78H. The lowest BCUT2D eigenvalue weighted by molar-refractivity contribution is 0.763. The zero-order chi connectivity index (χ0) is 82.2. The first-order valence-electron chi connectivity index (χ1n) is 43.2. The Bertz CT molecular complexity index is 7090. The average molecular weight is 1590 g/mol. The summed E-state index contributed by atoms with van der Waals surface area (Å²) in [7, 11) is 0. The Kier molecular flexibility index (Phi) is 16.5. The highest BCUT2D eigenvalue weighted by Crippen LogP contribution is 2.59. The largest absolute Gasteiger partial charge is 0.309 e. The normalized spacial score (nSPS) is 12.4. The molecule has 0 unspecified atom stereocenters. The summed E-state index contributed by atoms with van der Waals surface area (Å²) >= 11 is 0. The van der Waals surface area contributed by atoms with Crippen molar-refractivity contribution < 1.29 is 0 Å². The maximum absolute atomic E-state index is 2.58. The Morgan fingerprint density at radius 2 is 0.288 bits per heavy atom. The summed E-state index contributed by atoms with van der Waals surface area (Å²) in [4.78, 5) is 0. The quantitative estimate of drug-likeness (QED) is 0.103. The van der Waals surface area contributed by atoms with Gasteiger partial charge >= 0.3 is 0 Å². The topological polar surface area (TPSA) is 19.7 Å². The van der Waals surface area contributed by atoms with Gasteiger partial charge < -0.3 is 18.3 Å². The summed E-state index contributed by atoms with van der Waals surface area (Å²) in [6.45, 7) is 0. The lowest BCUT2D eigenvalue weighted by Crippen LogP contribution is -2.29. The Morgan fingerprint density at radius 1 is 0.128 bits per heavy atom. The first-order valence-corrected chi connectivity index (χ1v) is 43.2. The van der Waals surface area contributed by atoms with Crippen molar-refractivity contribution in [3.63, 3.8) is 0 Å². The van der Waals surface area contributed by atoms with E-state index in [1.165, 1.54) is 110 Å². The highest BCUT2D eigenvalue weighted by Gasteiger charge is 2.47. The maximum Gasteiger partial charge on any atom is 0.0716 e. The van der Waals surface area contributed by atoms with Crippen LogP contribution in [0, 0.1) is 0 Å². The van der Waals surface area contributed by atoms with Crippen LogP contribution in [0.25, 0.3) is 210 Å². The van der Waals surface area contributed by atoms with Crippen molar-refractivity contribution in [2.45, 2.75) is 5.41 Å². The fraction of sp³-hybridized carbons (Fsp3) is 0.00826. The zero-order valence-corrected chi connectivity index (χ0v) is 68.3. The van der Waals surface area contributed by atoms with Crippen LogP contribution in [0.15, 0.2) is 473 Å². The van der Waals surface area contributed by atoms with Crippen LogP contribution in [0.1, 0.15) is 22.3 Å². The minimum Gasteiger partial charge on any atom is -0.309 e. The Morgan fingerprint density at radius 3 is 0.464 bits per heavy atom. The van der Waals surface area contributed by atoms with Gasteiger partial charge in [0.25, 0.3) is 0 Å². The molecule has 25 rings (SSSR count). The molecule has 4 heteroatoms. The van der Waals surface area contributed by atoms with E-state index in [1.807, 2.05) is 0 Å². The van der Waals surface area contributed by atoms with Gasteiger partial charge in [-0.2, -0.15) is 0 Å². The van der Waals surface area contributed by atoms with Crippen LogP contribution in [-0.2, 0) is 5.41 Å². The smallest absolute Gasteiger partial charge is 0.0716 e. The van der Waals surface area contributed by atoms with E-state index in [0.29, 0.717) is 0 Å².